The molecule has 1 atom stereocenters. The highest BCUT2D eigenvalue weighted by atomic mass is 32.2. The Kier molecular flexibility index (Phi) is 8.12. The van der Waals surface area contributed by atoms with Crippen molar-refractivity contribution in [3.63, 3.8) is 0 Å². The molecular formula is C21H34N4O3S. The fourth-order valence-corrected chi connectivity index (χ4v) is 5.30. The molecule has 0 bridgehead atoms. The van der Waals surface area contributed by atoms with Crippen LogP contribution in [0.25, 0.3) is 0 Å². The van der Waals surface area contributed by atoms with Crippen LogP contribution in [0, 0.1) is 5.92 Å². The number of carbonyl (C=O) groups is 2. The molecule has 1 aliphatic heterocycles. The zero-order valence-corrected chi connectivity index (χ0v) is 18.7. The van der Waals surface area contributed by atoms with Gasteiger partial charge < -0.3 is 14.2 Å². The summed E-state index contributed by atoms with van der Waals surface area (Å²) in [5, 5.41) is 9.06. The Bertz CT molecular complexity index is 667. The van der Waals surface area contributed by atoms with Gasteiger partial charge in [0.15, 0.2) is 0 Å². The first-order chi connectivity index (χ1) is 14.0. The highest BCUT2D eigenvalue weighted by Crippen LogP contribution is 2.30. The van der Waals surface area contributed by atoms with Crippen molar-refractivity contribution in [3.8, 4) is 0 Å². The predicted molar refractivity (Wildman–Crippen MR) is 113 cm³/mol. The largest absolute Gasteiger partial charge is 0.408 e. The van der Waals surface area contributed by atoms with E-state index < -0.39 is 6.04 Å². The smallest absolute Gasteiger partial charge is 0.286 e. The molecule has 2 fully saturated rings. The number of likely N-dealkylation sites (tertiary alicyclic amines) is 1. The van der Waals surface area contributed by atoms with Gasteiger partial charge in [-0.15, -0.1) is 10.2 Å². The van der Waals surface area contributed by atoms with Crippen LogP contribution in [0.4, 0.5) is 0 Å². The van der Waals surface area contributed by atoms with Crippen LogP contribution in [0.3, 0.4) is 0 Å². The lowest BCUT2D eigenvalue weighted by molar-refractivity contribution is -0.122. The minimum atomic E-state index is -0.530. The minimum absolute atomic E-state index is 0.0359. The molecule has 8 heteroatoms. The Balaban J connectivity index is 1.70. The lowest BCUT2D eigenvalue weighted by atomic mass is 9.91. The molecule has 162 valence electrons. The summed E-state index contributed by atoms with van der Waals surface area (Å²) in [6.45, 7) is 6.26. The van der Waals surface area contributed by atoms with E-state index in [4.69, 9.17) is 4.42 Å². The predicted octanol–water partition coefficient (Wildman–Crippen LogP) is 3.64. The number of thioether (sulfide) groups is 1. The maximum Gasteiger partial charge on any atom is 0.286 e. The van der Waals surface area contributed by atoms with Gasteiger partial charge in [-0.25, -0.2) is 0 Å². The first kappa shape index (κ1) is 22.3. The summed E-state index contributed by atoms with van der Waals surface area (Å²) < 4.78 is 5.75. The van der Waals surface area contributed by atoms with Crippen molar-refractivity contribution in [2.24, 2.45) is 5.92 Å². The van der Waals surface area contributed by atoms with Crippen LogP contribution in [0.15, 0.2) is 9.64 Å². The topological polar surface area (TPSA) is 79.5 Å². The molecule has 2 heterocycles. The molecule has 0 radical (unpaired) electrons. The van der Waals surface area contributed by atoms with Gasteiger partial charge in [0, 0.05) is 11.3 Å². The van der Waals surface area contributed by atoms with Crippen molar-refractivity contribution in [1.82, 2.24) is 20.0 Å². The van der Waals surface area contributed by atoms with Gasteiger partial charge in [0.2, 0.25) is 12.2 Å². The number of nitrogens with zero attached hydrogens (tertiary/aromatic N) is 4. The third-order valence-corrected chi connectivity index (χ3v) is 7.20. The van der Waals surface area contributed by atoms with E-state index in [9.17, 15) is 9.59 Å². The molecule has 0 spiro atoms. The standard InChI is InChI=1S/C21H34N4O3S/c1-15(2)13-18(25(14-26)16-7-5-4-6-8-16)19(27)20-22-23-21(28-20)29-17-9-11-24(3)12-10-17/h14-18H,4-13H2,1-3H3. The van der Waals surface area contributed by atoms with Crippen molar-refractivity contribution in [3.05, 3.63) is 5.89 Å². The molecule has 1 saturated carbocycles. The zero-order valence-electron chi connectivity index (χ0n) is 17.9. The number of hydrogen-bond donors (Lipinski definition) is 0. The number of rotatable bonds is 9. The molecule has 3 rings (SSSR count). The van der Waals surface area contributed by atoms with Crippen molar-refractivity contribution < 1.29 is 14.0 Å². The summed E-state index contributed by atoms with van der Waals surface area (Å²) in [6, 6.07) is -0.401. The van der Waals surface area contributed by atoms with Crippen LogP contribution in [0.1, 0.15) is 75.9 Å². The average molecular weight is 423 g/mol. The van der Waals surface area contributed by atoms with Crippen LogP contribution in [0.2, 0.25) is 0 Å². The van der Waals surface area contributed by atoms with Crippen molar-refractivity contribution in [2.45, 2.75) is 87.8 Å². The van der Waals surface area contributed by atoms with Gasteiger partial charge in [-0.2, -0.15) is 0 Å². The second kappa shape index (κ2) is 10.6. The highest BCUT2D eigenvalue weighted by Gasteiger charge is 2.35. The third-order valence-electron chi connectivity index (χ3n) is 6.03. The second-order valence-electron chi connectivity index (χ2n) is 8.85. The van der Waals surface area contributed by atoms with Crippen LogP contribution in [0.5, 0.6) is 0 Å². The summed E-state index contributed by atoms with van der Waals surface area (Å²) in [6.07, 6.45) is 8.94. The first-order valence-corrected chi connectivity index (χ1v) is 11.8. The van der Waals surface area contributed by atoms with Crippen molar-refractivity contribution in [1.29, 1.82) is 0 Å². The number of carbonyl (C=O) groups excluding carboxylic acids is 2. The quantitative estimate of drug-likeness (QED) is 0.444. The number of Topliss-reactive ketones (excluding diaryl/α,β-unsaturated/α-hetero) is 1. The van der Waals surface area contributed by atoms with Crippen LogP contribution in [-0.4, -0.2) is 69.7 Å². The molecule has 1 aliphatic carbocycles. The van der Waals surface area contributed by atoms with Crippen LogP contribution < -0.4 is 0 Å². The molecule has 1 saturated heterocycles. The number of aromatic nitrogens is 2. The number of hydrogen-bond acceptors (Lipinski definition) is 7. The van der Waals surface area contributed by atoms with E-state index in [0.29, 0.717) is 16.9 Å². The fourth-order valence-electron chi connectivity index (χ4n) is 4.35. The molecule has 1 unspecified atom stereocenters. The van der Waals surface area contributed by atoms with Gasteiger partial charge in [0.25, 0.3) is 11.1 Å². The monoisotopic (exact) mass is 422 g/mol. The maximum atomic E-state index is 13.3. The molecule has 2 aliphatic rings. The lowest BCUT2D eigenvalue weighted by Crippen LogP contribution is -2.48. The lowest BCUT2D eigenvalue weighted by Gasteiger charge is -2.36. The van der Waals surface area contributed by atoms with Gasteiger partial charge >= 0.3 is 0 Å². The summed E-state index contributed by atoms with van der Waals surface area (Å²) >= 11 is 1.57. The second-order valence-corrected chi connectivity index (χ2v) is 10.1. The number of ketones is 1. The first-order valence-electron chi connectivity index (χ1n) is 10.9. The van der Waals surface area contributed by atoms with Gasteiger partial charge in [-0.3, -0.25) is 9.59 Å². The van der Waals surface area contributed by atoms with Crippen molar-refractivity contribution >= 4 is 24.0 Å². The van der Waals surface area contributed by atoms with E-state index in [2.05, 4.69) is 36.0 Å². The van der Waals surface area contributed by atoms with E-state index in [1.54, 1.807) is 16.7 Å². The zero-order chi connectivity index (χ0) is 20.8. The van der Waals surface area contributed by atoms with E-state index in [-0.39, 0.29) is 23.6 Å². The van der Waals surface area contributed by atoms with Crippen LogP contribution >= 0.6 is 11.8 Å². The molecule has 7 nitrogen and oxygen atoms in total. The third kappa shape index (κ3) is 6.04. The molecule has 1 amide bonds. The van der Waals surface area contributed by atoms with E-state index in [1.165, 1.54) is 6.42 Å². The summed E-state index contributed by atoms with van der Waals surface area (Å²) in [7, 11) is 2.13. The Hall–Kier alpha value is -1.41. The Labute approximate surface area is 178 Å². The number of amides is 1. The summed E-state index contributed by atoms with van der Waals surface area (Å²) in [5.41, 5.74) is 0. The van der Waals surface area contributed by atoms with Gasteiger partial charge in [0.1, 0.15) is 6.04 Å². The van der Waals surface area contributed by atoms with Gasteiger partial charge in [-0.1, -0.05) is 44.9 Å². The maximum absolute atomic E-state index is 13.3. The molecule has 0 aromatic carbocycles. The van der Waals surface area contributed by atoms with Crippen molar-refractivity contribution in [2.75, 3.05) is 20.1 Å². The molecule has 1 aromatic heterocycles. The summed E-state index contributed by atoms with van der Waals surface area (Å²) in [4.78, 5) is 29.3. The van der Waals surface area contributed by atoms with Gasteiger partial charge in [-0.05, 0) is 58.2 Å². The van der Waals surface area contributed by atoms with E-state index in [1.807, 2.05) is 0 Å². The normalized spacial score (nSPS) is 20.7. The highest BCUT2D eigenvalue weighted by molar-refractivity contribution is 7.99. The average Bonchev–Trinajstić information content (AvgIpc) is 3.18. The Morgan fingerprint density at radius 3 is 2.52 bits per heavy atom. The summed E-state index contributed by atoms with van der Waals surface area (Å²) in [5.74, 6) is 0.0961. The van der Waals surface area contributed by atoms with E-state index in [0.717, 1.165) is 58.0 Å². The molecular weight excluding hydrogens is 388 g/mol. The number of piperidine rings is 1. The SMILES string of the molecule is CC(C)CC(C(=O)c1nnc(SC2CCN(C)CC2)o1)N(C=O)C1CCCCC1. The molecule has 1 aromatic rings. The Morgan fingerprint density at radius 2 is 1.90 bits per heavy atom. The minimum Gasteiger partial charge on any atom is -0.408 e. The van der Waals surface area contributed by atoms with Crippen LogP contribution in [-0.2, 0) is 4.79 Å². The Morgan fingerprint density at radius 1 is 1.21 bits per heavy atom. The fraction of sp³-hybridized carbons (Fsp3) is 0.810. The molecule has 0 N–H and O–H groups in total. The van der Waals surface area contributed by atoms with E-state index >= 15 is 0 Å². The van der Waals surface area contributed by atoms with Gasteiger partial charge in [0.05, 0.1) is 0 Å². The molecule has 29 heavy (non-hydrogen) atoms.